The summed E-state index contributed by atoms with van der Waals surface area (Å²) in [6.45, 7) is 6.34. The Morgan fingerprint density at radius 3 is 2.46 bits per heavy atom. The van der Waals surface area contributed by atoms with Gasteiger partial charge in [-0.2, -0.15) is 0 Å². The third-order valence-electron chi connectivity index (χ3n) is 7.28. The molecule has 0 aromatic heterocycles. The zero-order chi connectivity index (χ0) is 24.0. The predicted molar refractivity (Wildman–Crippen MR) is 142 cm³/mol. The first-order chi connectivity index (χ1) is 17.1. The van der Waals surface area contributed by atoms with Crippen LogP contribution in [-0.4, -0.2) is 35.3 Å². The van der Waals surface area contributed by atoms with Gasteiger partial charge in [0.1, 0.15) is 0 Å². The molecule has 3 aromatic rings. The fourth-order valence-corrected chi connectivity index (χ4v) is 5.56. The second kappa shape index (κ2) is 11.4. The first-order valence-electron chi connectivity index (χ1n) is 12.7. The van der Waals surface area contributed by atoms with E-state index in [1.807, 2.05) is 18.2 Å². The number of halogens is 1. The summed E-state index contributed by atoms with van der Waals surface area (Å²) < 4.78 is 0. The van der Waals surface area contributed by atoms with Crippen molar-refractivity contribution in [2.24, 2.45) is 5.92 Å². The molecule has 2 heterocycles. The van der Waals surface area contributed by atoms with Gasteiger partial charge < -0.3 is 5.32 Å². The number of nitrogens with one attached hydrogen (secondary N) is 1. The van der Waals surface area contributed by atoms with E-state index in [-0.39, 0.29) is 11.8 Å². The van der Waals surface area contributed by atoms with E-state index < -0.39 is 0 Å². The summed E-state index contributed by atoms with van der Waals surface area (Å²) in [5.74, 6) is 0.209. The van der Waals surface area contributed by atoms with Crippen molar-refractivity contribution in [2.45, 2.75) is 45.4 Å². The number of benzene rings is 3. The number of nitrogens with zero attached hydrogens (tertiary/aromatic N) is 2. The maximum absolute atomic E-state index is 12.9. The highest BCUT2D eigenvalue weighted by atomic mass is 35.5. The zero-order valence-electron chi connectivity index (χ0n) is 20.3. The molecule has 1 fully saturated rings. The van der Waals surface area contributed by atoms with Gasteiger partial charge in [0.25, 0.3) is 0 Å². The van der Waals surface area contributed by atoms with Crippen molar-refractivity contribution >= 4 is 17.5 Å². The van der Waals surface area contributed by atoms with Gasteiger partial charge in [-0.25, -0.2) is 0 Å². The van der Waals surface area contributed by atoms with Gasteiger partial charge in [0, 0.05) is 44.3 Å². The molecule has 3 aromatic carbocycles. The summed E-state index contributed by atoms with van der Waals surface area (Å²) in [6, 6.07) is 25.5. The number of hydrogen-bond acceptors (Lipinski definition) is 3. The van der Waals surface area contributed by atoms with Crippen LogP contribution in [0, 0.1) is 5.92 Å². The Hall–Kier alpha value is -2.66. The molecule has 0 bridgehead atoms. The predicted octanol–water partition coefficient (Wildman–Crippen LogP) is 5.43. The minimum Gasteiger partial charge on any atom is -0.352 e. The van der Waals surface area contributed by atoms with Crippen LogP contribution in [0.25, 0.3) is 0 Å². The van der Waals surface area contributed by atoms with Gasteiger partial charge in [-0.3, -0.25) is 14.6 Å². The lowest BCUT2D eigenvalue weighted by atomic mass is 9.96. The van der Waals surface area contributed by atoms with Crippen LogP contribution in [0.2, 0.25) is 5.02 Å². The number of amides is 1. The number of rotatable bonds is 7. The number of piperidine rings is 1. The molecule has 182 valence electrons. The molecule has 1 saturated heterocycles. The average molecular weight is 488 g/mol. The third-order valence-corrected chi connectivity index (χ3v) is 7.51. The van der Waals surface area contributed by atoms with Gasteiger partial charge in [0.2, 0.25) is 5.91 Å². The topological polar surface area (TPSA) is 35.6 Å². The molecule has 5 rings (SSSR count). The van der Waals surface area contributed by atoms with Crippen LogP contribution in [0.15, 0.2) is 72.8 Å². The van der Waals surface area contributed by atoms with Gasteiger partial charge in [-0.15, -0.1) is 0 Å². The van der Waals surface area contributed by atoms with E-state index in [1.165, 1.54) is 22.3 Å². The summed E-state index contributed by atoms with van der Waals surface area (Å²) in [4.78, 5) is 17.8. The van der Waals surface area contributed by atoms with Crippen molar-refractivity contribution in [1.82, 2.24) is 15.1 Å². The third kappa shape index (κ3) is 6.52. The van der Waals surface area contributed by atoms with E-state index >= 15 is 0 Å². The second-order valence-electron chi connectivity index (χ2n) is 9.97. The highest BCUT2D eigenvalue weighted by Crippen LogP contribution is 2.22. The number of carbonyl (C=O) groups is 1. The van der Waals surface area contributed by atoms with Crippen LogP contribution in [0.3, 0.4) is 0 Å². The first-order valence-corrected chi connectivity index (χ1v) is 13.1. The molecule has 1 atom stereocenters. The number of fused-ring (bicyclic) bond motifs is 1. The maximum atomic E-state index is 12.9. The summed E-state index contributed by atoms with van der Waals surface area (Å²) in [5, 5.41) is 3.94. The fraction of sp³-hybridized carbons (Fsp3) is 0.367. The fourth-order valence-electron chi connectivity index (χ4n) is 5.35. The Balaban J connectivity index is 1.08. The van der Waals surface area contributed by atoms with Crippen LogP contribution < -0.4 is 5.32 Å². The van der Waals surface area contributed by atoms with Gasteiger partial charge in [0.15, 0.2) is 0 Å². The Labute approximate surface area is 213 Å². The van der Waals surface area contributed by atoms with E-state index in [2.05, 4.69) is 69.7 Å². The lowest BCUT2D eigenvalue weighted by Crippen LogP contribution is -2.42. The molecule has 2 aliphatic heterocycles. The minimum atomic E-state index is 0.0455. The van der Waals surface area contributed by atoms with Gasteiger partial charge >= 0.3 is 0 Å². The maximum Gasteiger partial charge on any atom is 0.224 e. The number of likely N-dealkylation sites (tertiary alicyclic amines) is 1. The van der Waals surface area contributed by atoms with Gasteiger partial charge in [-0.05, 0) is 65.8 Å². The Morgan fingerprint density at radius 1 is 0.857 bits per heavy atom. The van der Waals surface area contributed by atoms with Gasteiger partial charge in [0.05, 0.1) is 5.92 Å². The molecule has 4 nitrogen and oxygen atoms in total. The Kier molecular flexibility index (Phi) is 7.82. The van der Waals surface area contributed by atoms with Crippen LogP contribution in [0.1, 0.15) is 40.7 Å². The van der Waals surface area contributed by atoms with Crippen LogP contribution in [-0.2, 0) is 37.4 Å². The highest BCUT2D eigenvalue weighted by molar-refractivity contribution is 6.30. The number of hydrogen-bond donors (Lipinski definition) is 1. The van der Waals surface area contributed by atoms with E-state index in [9.17, 15) is 4.79 Å². The van der Waals surface area contributed by atoms with Gasteiger partial charge in [-0.1, -0.05) is 72.3 Å². The summed E-state index contributed by atoms with van der Waals surface area (Å²) in [6.07, 6.45) is 3.13. The van der Waals surface area contributed by atoms with Crippen molar-refractivity contribution < 1.29 is 4.79 Å². The van der Waals surface area contributed by atoms with Crippen molar-refractivity contribution in [2.75, 3.05) is 19.6 Å². The first kappa shape index (κ1) is 24.1. The Morgan fingerprint density at radius 2 is 1.63 bits per heavy atom. The van der Waals surface area contributed by atoms with E-state index in [4.69, 9.17) is 11.6 Å². The molecular weight excluding hydrogens is 454 g/mol. The lowest BCUT2D eigenvalue weighted by molar-refractivity contribution is -0.126. The standard InChI is InChI=1S/C30H34ClN3O/c31-29-9-3-5-25(17-29)20-33-15-4-8-28(22-33)30(35)32-18-23-10-12-24(13-11-23)19-34-16-14-26-6-1-2-7-27(26)21-34/h1-3,5-7,9-13,17,28H,4,8,14-16,18-22H2,(H,32,35). The normalized spacial score (nSPS) is 18.7. The molecule has 1 amide bonds. The smallest absolute Gasteiger partial charge is 0.224 e. The summed E-state index contributed by atoms with van der Waals surface area (Å²) in [7, 11) is 0. The van der Waals surface area contributed by atoms with Crippen molar-refractivity contribution in [1.29, 1.82) is 0 Å². The largest absolute Gasteiger partial charge is 0.352 e. The van der Waals surface area contributed by atoms with E-state index in [0.717, 1.165) is 69.1 Å². The lowest BCUT2D eigenvalue weighted by Gasteiger charge is -2.32. The zero-order valence-corrected chi connectivity index (χ0v) is 21.0. The van der Waals surface area contributed by atoms with E-state index in [1.54, 1.807) is 0 Å². The summed E-state index contributed by atoms with van der Waals surface area (Å²) >= 11 is 6.13. The van der Waals surface area contributed by atoms with Crippen LogP contribution in [0.5, 0.6) is 0 Å². The molecule has 0 spiro atoms. The monoisotopic (exact) mass is 487 g/mol. The number of carbonyl (C=O) groups excluding carboxylic acids is 1. The van der Waals surface area contributed by atoms with Crippen LogP contribution in [0.4, 0.5) is 0 Å². The highest BCUT2D eigenvalue weighted by Gasteiger charge is 2.25. The quantitative estimate of drug-likeness (QED) is 0.483. The molecular formula is C30H34ClN3O. The van der Waals surface area contributed by atoms with Crippen LogP contribution >= 0.6 is 11.6 Å². The van der Waals surface area contributed by atoms with Crippen molar-refractivity contribution in [3.63, 3.8) is 0 Å². The summed E-state index contributed by atoms with van der Waals surface area (Å²) in [5.41, 5.74) is 6.61. The molecule has 0 radical (unpaired) electrons. The van der Waals surface area contributed by atoms with E-state index in [0.29, 0.717) is 6.54 Å². The minimum absolute atomic E-state index is 0.0455. The second-order valence-corrected chi connectivity index (χ2v) is 10.4. The van der Waals surface area contributed by atoms with Crippen molar-refractivity contribution in [3.05, 3.63) is 106 Å². The molecule has 0 aliphatic carbocycles. The molecule has 5 heteroatoms. The van der Waals surface area contributed by atoms with Crippen molar-refractivity contribution in [3.8, 4) is 0 Å². The SMILES string of the molecule is O=C(NCc1ccc(CN2CCc3ccccc3C2)cc1)C1CCCN(Cc2cccc(Cl)c2)C1. The molecule has 1 unspecified atom stereocenters. The Bertz CT molecular complexity index is 1150. The molecule has 0 saturated carbocycles. The average Bonchev–Trinajstić information content (AvgIpc) is 2.88. The molecule has 35 heavy (non-hydrogen) atoms. The molecule has 1 N–H and O–H groups in total. The molecule has 2 aliphatic rings.